The van der Waals surface area contributed by atoms with Gasteiger partial charge in [0, 0.05) is 6.42 Å². The van der Waals surface area contributed by atoms with Gasteiger partial charge in [0.1, 0.15) is 23.6 Å². The van der Waals surface area contributed by atoms with E-state index in [1.54, 1.807) is 7.11 Å². The van der Waals surface area contributed by atoms with Gasteiger partial charge in [-0.25, -0.2) is 0 Å². The van der Waals surface area contributed by atoms with Crippen LogP contribution >= 0.6 is 0 Å². The zero-order valence-corrected chi connectivity index (χ0v) is 12.0. The number of hydrogen-bond acceptors (Lipinski definition) is 4. The molecule has 0 amide bonds. The largest absolute Gasteiger partial charge is 0.497 e. The van der Waals surface area contributed by atoms with Gasteiger partial charge in [-0.2, -0.15) is 0 Å². The smallest absolute Gasteiger partial charge is 0.313 e. The first-order chi connectivity index (χ1) is 9.57. The fourth-order valence-electron chi connectivity index (χ4n) is 2.57. The van der Waals surface area contributed by atoms with Crippen molar-refractivity contribution >= 4 is 11.8 Å². The highest BCUT2D eigenvalue weighted by atomic mass is 16.6. The molecular weight excluding hydrogens is 256 g/mol. The number of Topliss-reactive ketones (excluding diaryl/α,β-unsaturated/α-hetero) is 1. The zero-order valence-electron chi connectivity index (χ0n) is 12.0. The van der Waals surface area contributed by atoms with Crippen molar-refractivity contribution < 1.29 is 19.1 Å². The molecule has 1 unspecified atom stereocenters. The Hall–Kier alpha value is -1.84. The molecule has 4 nitrogen and oxygen atoms in total. The minimum atomic E-state index is -0.619. The molecule has 1 aromatic carbocycles. The Balaban J connectivity index is 2.02. The summed E-state index contributed by atoms with van der Waals surface area (Å²) in [5.74, 6) is 0.411. The molecule has 1 fully saturated rings. The van der Waals surface area contributed by atoms with E-state index in [1.807, 2.05) is 31.2 Å². The first-order valence-corrected chi connectivity index (χ1v) is 6.93. The highest BCUT2D eigenvalue weighted by Crippen LogP contribution is 2.32. The number of ketones is 1. The third-order valence-corrected chi connectivity index (χ3v) is 3.86. The van der Waals surface area contributed by atoms with E-state index in [1.165, 1.54) is 0 Å². The van der Waals surface area contributed by atoms with Crippen LogP contribution in [0.15, 0.2) is 24.3 Å². The van der Waals surface area contributed by atoms with Crippen LogP contribution in [-0.2, 0) is 20.7 Å². The average Bonchev–Trinajstić information content (AvgIpc) is 2.45. The number of benzene rings is 1. The van der Waals surface area contributed by atoms with Crippen LogP contribution in [0.1, 0.15) is 38.2 Å². The summed E-state index contributed by atoms with van der Waals surface area (Å²) in [5, 5.41) is 0. The fraction of sp³-hybridized carbons (Fsp3) is 0.500. The van der Waals surface area contributed by atoms with Gasteiger partial charge in [-0.3, -0.25) is 9.59 Å². The third-order valence-electron chi connectivity index (χ3n) is 3.86. The van der Waals surface area contributed by atoms with Gasteiger partial charge < -0.3 is 9.47 Å². The fourth-order valence-corrected chi connectivity index (χ4v) is 2.57. The first-order valence-electron chi connectivity index (χ1n) is 6.93. The summed E-state index contributed by atoms with van der Waals surface area (Å²) < 4.78 is 10.6. The van der Waals surface area contributed by atoms with E-state index in [0.717, 1.165) is 17.7 Å². The number of carbonyl (C=O) groups is 2. The van der Waals surface area contributed by atoms with E-state index < -0.39 is 11.6 Å². The van der Waals surface area contributed by atoms with Crippen molar-refractivity contribution in [1.82, 2.24) is 0 Å². The summed E-state index contributed by atoms with van der Waals surface area (Å²) in [5.41, 5.74) is 0.527. The summed E-state index contributed by atoms with van der Waals surface area (Å²) >= 11 is 0. The Labute approximate surface area is 119 Å². The van der Waals surface area contributed by atoms with Crippen LogP contribution in [0.25, 0.3) is 0 Å². The van der Waals surface area contributed by atoms with Crippen LogP contribution < -0.4 is 4.74 Å². The molecule has 1 atom stereocenters. The topological polar surface area (TPSA) is 52.6 Å². The maximum absolute atomic E-state index is 11.6. The normalized spacial score (nSPS) is 22.5. The molecule has 1 saturated heterocycles. The van der Waals surface area contributed by atoms with Crippen molar-refractivity contribution in [3.63, 3.8) is 0 Å². The van der Waals surface area contributed by atoms with E-state index in [2.05, 4.69) is 0 Å². The Morgan fingerprint density at radius 3 is 2.50 bits per heavy atom. The van der Waals surface area contributed by atoms with Crippen LogP contribution in [0.5, 0.6) is 5.75 Å². The van der Waals surface area contributed by atoms with Crippen LogP contribution in [0.3, 0.4) is 0 Å². The second-order valence-electron chi connectivity index (χ2n) is 5.25. The van der Waals surface area contributed by atoms with Crippen molar-refractivity contribution in [3.8, 4) is 5.75 Å². The van der Waals surface area contributed by atoms with Crippen molar-refractivity contribution in [3.05, 3.63) is 29.8 Å². The van der Waals surface area contributed by atoms with Gasteiger partial charge in [0.15, 0.2) is 0 Å². The van der Waals surface area contributed by atoms with Crippen LogP contribution in [0.2, 0.25) is 0 Å². The van der Waals surface area contributed by atoms with E-state index in [0.29, 0.717) is 19.3 Å². The molecule has 20 heavy (non-hydrogen) atoms. The number of hydrogen-bond donors (Lipinski definition) is 0. The highest BCUT2D eigenvalue weighted by Gasteiger charge is 2.39. The average molecular weight is 276 g/mol. The van der Waals surface area contributed by atoms with Crippen molar-refractivity contribution in [1.29, 1.82) is 0 Å². The Bertz CT molecular complexity index is 474. The van der Waals surface area contributed by atoms with Crippen LogP contribution in [-0.4, -0.2) is 24.5 Å². The molecule has 108 valence electrons. The van der Waals surface area contributed by atoms with Gasteiger partial charge in [-0.05, 0) is 37.0 Å². The molecule has 1 aliphatic rings. The summed E-state index contributed by atoms with van der Waals surface area (Å²) in [4.78, 5) is 23.1. The minimum absolute atomic E-state index is 0.0159. The number of rotatable bonds is 5. The Morgan fingerprint density at radius 1 is 1.25 bits per heavy atom. The van der Waals surface area contributed by atoms with Gasteiger partial charge in [0.2, 0.25) is 0 Å². The quantitative estimate of drug-likeness (QED) is 0.613. The third kappa shape index (κ3) is 3.38. The summed E-state index contributed by atoms with van der Waals surface area (Å²) in [6.07, 6.45) is 2.38. The lowest BCUT2D eigenvalue weighted by Crippen LogP contribution is -2.42. The molecule has 0 N–H and O–H groups in total. The highest BCUT2D eigenvalue weighted by molar-refractivity contribution is 5.98. The number of aryl methyl sites for hydroxylation is 1. The number of ether oxygens (including phenoxy) is 2. The molecule has 0 aliphatic carbocycles. The summed E-state index contributed by atoms with van der Waals surface area (Å²) in [6, 6.07) is 7.81. The lowest BCUT2D eigenvalue weighted by molar-refractivity contribution is -0.171. The van der Waals surface area contributed by atoms with Crippen molar-refractivity contribution in [2.45, 2.75) is 44.6 Å². The maximum atomic E-state index is 11.6. The monoisotopic (exact) mass is 276 g/mol. The second-order valence-corrected chi connectivity index (χ2v) is 5.25. The Kier molecular flexibility index (Phi) is 4.42. The molecule has 0 radical (unpaired) electrons. The molecule has 1 aromatic rings. The van der Waals surface area contributed by atoms with Gasteiger partial charge in [0.05, 0.1) is 7.11 Å². The number of esters is 1. The molecular formula is C16H20O4. The minimum Gasteiger partial charge on any atom is -0.497 e. The summed E-state index contributed by atoms with van der Waals surface area (Å²) in [7, 11) is 1.63. The molecule has 1 heterocycles. The molecule has 4 heteroatoms. The SMILES string of the molecule is CCC1(CCc2ccc(OC)cc2)CC(=O)CC(=O)O1. The number of cyclic esters (lactones) is 1. The second kappa shape index (κ2) is 6.07. The molecule has 0 saturated carbocycles. The van der Waals surface area contributed by atoms with Gasteiger partial charge in [0.25, 0.3) is 0 Å². The van der Waals surface area contributed by atoms with E-state index in [-0.39, 0.29) is 12.2 Å². The maximum Gasteiger partial charge on any atom is 0.313 e. The predicted molar refractivity (Wildman–Crippen MR) is 74.7 cm³/mol. The van der Waals surface area contributed by atoms with Crippen LogP contribution in [0, 0.1) is 0 Å². The van der Waals surface area contributed by atoms with Gasteiger partial charge in [-0.15, -0.1) is 0 Å². The summed E-state index contributed by atoms with van der Waals surface area (Å²) in [6.45, 7) is 1.96. The molecule has 0 aromatic heterocycles. The predicted octanol–water partition coefficient (Wildman–Crippen LogP) is 2.68. The van der Waals surface area contributed by atoms with Gasteiger partial charge >= 0.3 is 5.97 Å². The standard InChI is InChI=1S/C16H20O4/c1-3-16(11-13(17)10-15(18)20-16)9-8-12-4-6-14(19-2)7-5-12/h4-7H,3,8-11H2,1-2H3. The van der Waals surface area contributed by atoms with E-state index in [9.17, 15) is 9.59 Å². The van der Waals surface area contributed by atoms with Crippen molar-refractivity contribution in [2.24, 2.45) is 0 Å². The van der Waals surface area contributed by atoms with Gasteiger partial charge in [-0.1, -0.05) is 19.1 Å². The zero-order chi connectivity index (χ0) is 14.6. The van der Waals surface area contributed by atoms with E-state index >= 15 is 0 Å². The Morgan fingerprint density at radius 2 is 1.95 bits per heavy atom. The van der Waals surface area contributed by atoms with Crippen molar-refractivity contribution in [2.75, 3.05) is 7.11 Å². The molecule has 0 spiro atoms. The van der Waals surface area contributed by atoms with Crippen LogP contribution in [0.4, 0.5) is 0 Å². The lowest BCUT2D eigenvalue weighted by atomic mass is 9.85. The molecule has 1 aliphatic heterocycles. The first kappa shape index (κ1) is 14.6. The van der Waals surface area contributed by atoms with E-state index in [4.69, 9.17) is 9.47 Å². The number of methoxy groups -OCH3 is 1. The number of carbonyl (C=O) groups excluding carboxylic acids is 2. The lowest BCUT2D eigenvalue weighted by Gasteiger charge is -2.35. The molecule has 2 rings (SSSR count). The molecule has 0 bridgehead atoms.